The lowest BCUT2D eigenvalue weighted by molar-refractivity contribution is 0.0997. The number of hydrogen-bond acceptors (Lipinski definition) is 6. The number of ether oxygens (including phenoxy) is 2. The van der Waals surface area contributed by atoms with Gasteiger partial charge in [-0.05, 0) is 60.7 Å². The SMILES string of the molecule is NC(=O)c1ccc(NC(=O)c2nc3ccccc3nc2Oc2ccc(OCF)cc2)cc1. The van der Waals surface area contributed by atoms with Gasteiger partial charge in [0.15, 0.2) is 5.69 Å². The maximum Gasteiger partial charge on any atom is 0.279 e. The van der Waals surface area contributed by atoms with Crippen LogP contribution in [0.5, 0.6) is 17.4 Å². The van der Waals surface area contributed by atoms with Gasteiger partial charge in [0.1, 0.15) is 11.5 Å². The molecule has 0 atom stereocenters. The number of fused-ring (bicyclic) bond motifs is 1. The van der Waals surface area contributed by atoms with Gasteiger partial charge in [-0.25, -0.2) is 14.4 Å². The molecule has 0 unspecified atom stereocenters. The van der Waals surface area contributed by atoms with E-state index in [2.05, 4.69) is 15.3 Å². The van der Waals surface area contributed by atoms with Crippen LogP contribution in [0, 0.1) is 0 Å². The molecule has 4 rings (SSSR count). The highest BCUT2D eigenvalue weighted by atomic mass is 19.1. The fourth-order valence-electron chi connectivity index (χ4n) is 2.89. The number of amides is 2. The molecule has 3 aromatic carbocycles. The molecule has 3 N–H and O–H groups in total. The van der Waals surface area contributed by atoms with E-state index < -0.39 is 18.7 Å². The zero-order chi connectivity index (χ0) is 22.5. The number of hydrogen-bond donors (Lipinski definition) is 2. The Labute approximate surface area is 181 Å². The quantitative estimate of drug-likeness (QED) is 0.455. The predicted octanol–water partition coefficient (Wildman–Crippen LogP) is 4.08. The van der Waals surface area contributed by atoms with E-state index in [1.54, 1.807) is 48.5 Å². The molecule has 0 saturated carbocycles. The van der Waals surface area contributed by atoms with Crippen LogP contribution in [0.25, 0.3) is 11.0 Å². The summed E-state index contributed by atoms with van der Waals surface area (Å²) in [6.07, 6.45) is 0. The van der Waals surface area contributed by atoms with Crippen LogP contribution in [0.1, 0.15) is 20.8 Å². The van der Waals surface area contributed by atoms with Crippen molar-refractivity contribution in [1.82, 2.24) is 9.97 Å². The van der Waals surface area contributed by atoms with Crippen LogP contribution in [0.3, 0.4) is 0 Å². The number of carbonyl (C=O) groups is 2. The van der Waals surface area contributed by atoms with Crippen LogP contribution < -0.4 is 20.5 Å². The Kier molecular flexibility index (Phi) is 5.89. The molecule has 9 heteroatoms. The Morgan fingerprint density at radius 2 is 1.50 bits per heavy atom. The number of alkyl halides is 1. The highest BCUT2D eigenvalue weighted by molar-refractivity contribution is 6.05. The maximum atomic E-state index is 13.0. The predicted molar refractivity (Wildman–Crippen MR) is 116 cm³/mol. The van der Waals surface area contributed by atoms with E-state index in [-0.39, 0.29) is 11.6 Å². The van der Waals surface area contributed by atoms with E-state index in [9.17, 15) is 14.0 Å². The number of benzene rings is 3. The van der Waals surface area contributed by atoms with Crippen molar-refractivity contribution in [2.75, 3.05) is 12.2 Å². The van der Waals surface area contributed by atoms with Crippen molar-refractivity contribution in [1.29, 1.82) is 0 Å². The number of anilines is 1. The van der Waals surface area contributed by atoms with Crippen molar-refractivity contribution in [2.45, 2.75) is 0 Å². The minimum atomic E-state index is -0.943. The third kappa shape index (κ3) is 4.62. The van der Waals surface area contributed by atoms with E-state index in [1.807, 2.05) is 0 Å². The Morgan fingerprint density at radius 1 is 0.875 bits per heavy atom. The number of aromatic nitrogens is 2. The summed E-state index contributed by atoms with van der Waals surface area (Å²) in [4.78, 5) is 33.1. The third-order valence-electron chi connectivity index (χ3n) is 4.44. The molecule has 0 radical (unpaired) electrons. The van der Waals surface area contributed by atoms with Crippen LogP contribution in [-0.4, -0.2) is 28.6 Å². The van der Waals surface area contributed by atoms with Crippen LogP contribution in [0.4, 0.5) is 10.1 Å². The third-order valence-corrected chi connectivity index (χ3v) is 4.44. The standard InChI is InChI=1S/C23H17FN4O4/c24-13-31-16-9-11-17(12-10-16)32-23-20(27-18-3-1-2-4-19(18)28-23)22(30)26-15-7-5-14(6-8-15)21(25)29/h1-12H,13H2,(H2,25,29)(H,26,30). The Bertz CT molecular complexity index is 1280. The number of nitrogens with zero attached hydrogens (tertiary/aromatic N) is 2. The second-order valence-corrected chi connectivity index (χ2v) is 6.59. The molecule has 160 valence electrons. The molecule has 2 amide bonds. The Balaban J connectivity index is 1.65. The van der Waals surface area contributed by atoms with E-state index in [0.717, 1.165) is 0 Å². The monoisotopic (exact) mass is 432 g/mol. The number of nitrogens with two attached hydrogens (primary N) is 1. The normalized spacial score (nSPS) is 10.5. The van der Waals surface area contributed by atoms with Gasteiger partial charge in [-0.1, -0.05) is 12.1 Å². The molecule has 0 aliphatic rings. The lowest BCUT2D eigenvalue weighted by Gasteiger charge is -2.12. The lowest BCUT2D eigenvalue weighted by atomic mass is 10.2. The molecule has 0 aliphatic heterocycles. The lowest BCUT2D eigenvalue weighted by Crippen LogP contribution is -2.16. The first-order chi connectivity index (χ1) is 15.5. The molecule has 0 spiro atoms. The van der Waals surface area contributed by atoms with Crippen molar-refractivity contribution in [2.24, 2.45) is 5.73 Å². The number of rotatable bonds is 7. The van der Waals surface area contributed by atoms with Crippen LogP contribution >= 0.6 is 0 Å². The van der Waals surface area contributed by atoms with Gasteiger partial charge in [0, 0.05) is 11.3 Å². The molecule has 0 aliphatic carbocycles. The van der Waals surface area contributed by atoms with E-state index in [1.165, 1.54) is 24.3 Å². The van der Waals surface area contributed by atoms with Gasteiger partial charge < -0.3 is 20.5 Å². The van der Waals surface area contributed by atoms with Crippen molar-refractivity contribution < 1.29 is 23.5 Å². The highest BCUT2D eigenvalue weighted by Gasteiger charge is 2.19. The number of carbonyl (C=O) groups excluding carboxylic acids is 2. The summed E-state index contributed by atoms with van der Waals surface area (Å²) in [6.45, 7) is -0.943. The zero-order valence-electron chi connectivity index (χ0n) is 16.6. The summed E-state index contributed by atoms with van der Waals surface area (Å²) in [5, 5.41) is 2.71. The van der Waals surface area contributed by atoms with Gasteiger partial charge in [0.2, 0.25) is 12.8 Å². The van der Waals surface area contributed by atoms with Crippen LogP contribution in [0.15, 0.2) is 72.8 Å². The molecular weight excluding hydrogens is 415 g/mol. The minimum absolute atomic E-state index is 0.00545. The minimum Gasteiger partial charge on any atom is -0.463 e. The Morgan fingerprint density at radius 3 is 2.12 bits per heavy atom. The summed E-state index contributed by atoms with van der Waals surface area (Å²) in [7, 11) is 0. The topological polar surface area (TPSA) is 116 Å². The first kappa shape index (κ1) is 20.7. The summed E-state index contributed by atoms with van der Waals surface area (Å²) < 4.78 is 22.9. The molecule has 8 nitrogen and oxygen atoms in total. The number of primary amides is 1. The second kappa shape index (κ2) is 9.09. The van der Waals surface area contributed by atoms with E-state index in [4.69, 9.17) is 15.2 Å². The van der Waals surface area contributed by atoms with Gasteiger partial charge >= 0.3 is 0 Å². The maximum absolute atomic E-state index is 13.0. The average molecular weight is 432 g/mol. The van der Waals surface area contributed by atoms with Crippen molar-refractivity contribution in [3.63, 3.8) is 0 Å². The molecule has 1 heterocycles. The largest absolute Gasteiger partial charge is 0.463 e. The van der Waals surface area contributed by atoms with Crippen molar-refractivity contribution in [3.8, 4) is 17.4 Å². The Hall–Kier alpha value is -4.53. The second-order valence-electron chi connectivity index (χ2n) is 6.59. The summed E-state index contributed by atoms with van der Waals surface area (Å²) in [6, 6.07) is 19.4. The number of para-hydroxylation sites is 2. The van der Waals surface area contributed by atoms with E-state index in [0.29, 0.717) is 33.8 Å². The molecule has 0 saturated heterocycles. The van der Waals surface area contributed by atoms with Crippen molar-refractivity contribution in [3.05, 3.63) is 84.1 Å². The van der Waals surface area contributed by atoms with Crippen molar-refractivity contribution >= 4 is 28.5 Å². The van der Waals surface area contributed by atoms with Gasteiger partial charge in [-0.15, -0.1) is 0 Å². The fourth-order valence-corrected chi connectivity index (χ4v) is 2.89. The smallest absolute Gasteiger partial charge is 0.279 e. The summed E-state index contributed by atoms with van der Waals surface area (Å²) in [5.74, 6) is -0.430. The summed E-state index contributed by atoms with van der Waals surface area (Å²) in [5.41, 5.74) is 7.02. The van der Waals surface area contributed by atoms with E-state index >= 15 is 0 Å². The molecule has 1 aromatic heterocycles. The first-order valence-corrected chi connectivity index (χ1v) is 9.48. The van der Waals surface area contributed by atoms with Gasteiger partial charge in [-0.3, -0.25) is 9.59 Å². The van der Waals surface area contributed by atoms with Crippen LogP contribution in [-0.2, 0) is 0 Å². The summed E-state index contributed by atoms with van der Waals surface area (Å²) >= 11 is 0. The molecule has 0 bridgehead atoms. The fraction of sp³-hybridized carbons (Fsp3) is 0.0435. The number of nitrogens with one attached hydrogen (secondary N) is 1. The molecule has 32 heavy (non-hydrogen) atoms. The zero-order valence-corrected chi connectivity index (χ0v) is 16.6. The molecule has 4 aromatic rings. The number of halogens is 1. The average Bonchev–Trinajstić information content (AvgIpc) is 2.80. The van der Waals surface area contributed by atoms with Crippen LogP contribution in [0.2, 0.25) is 0 Å². The molecule has 0 fully saturated rings. The van der Waals surface area contributed by atoms with Gasteiger partial charge in [0.05, 0.1) is 11.0 Å². The first-order valence-electron chi connectivity index (χ1n) is 9.48. The van der Waals surface area contributed by atoms with Gasteiger partial charge in [0.25, 0.3) is 11.8 Å². The highest BCUT2D eigenvalue weighted by Crippen LogP contribution is 2.27. The van der Waals surface area contributed by atoms with Gasteiger partial charge in [-0.2, -0.15) is 0 Å². The molecular formula is C23H17FN4O4.